The first-order chi connectivity index (χ1) is 20.0. The summed E-state index contributed by atoms with van der Waals surface area (Å²) in [5, 5.41) is 15.0. The molecule has 0 spiro atoms. The molecule has 43 heavy (non-hydrogen) atoms. The minimum absolute atomic E-state index is 0.0155. The number of hydrogen-bond donors (Lipinski definition) is 1. The van der Waals surface area contributed by atoms with E-state index in [1.807, 2.05) is 51.1 Å². The summed E-state index contributed by atoms with van der Waals surface area (Å²) in [7, 11) is -4.11. The molecule has 13 heteroatoms. The Kier molecular flexibility index (Phi) is 10.8. The Morgan fingerprint density at radius 1 is 0.977 bits per heavy atom. The van der Waals surface area contributed by atoms with E-state index in [1.165, 1.54) is 17.0 Å². The van der Waals surface area contributed by atoms with Gasteiger partial charge in [0.1, 0.15) is 12.6 Å². The number of benzene rings is 3. The van der Waals surface area contributed by atoms with Crippen LogP contribution >= 0.6 is 23.2 Å². The zero-order chi connectivity index (χ0) is 32.1. The van der Waals surface area contributed by atoms with Crippen LogP contribution in [0.2, 0.25) is 10.0 Å². The molecule has 1 N–H and O–H groups in total. The molecule has 0 saturated heterocycles. The lowest BCUT2D eigenvalue weighted by molar-refractivity contribution is -0.384. The molecule has 0 aromatic heterocycles. The summed E-state index contributed by atoms with van der Waals surface area (Å²) in [6, 6.07) is 16.6. The number of amides is 2. The molecular weight excluding hydrogens is 615 g/mol. The number of rotatable bonds is 11. The van der Waals surface area contributed by atoms with Crippen molar-refractivity contribution in [2.75, 3.05) is 17.1 Å². The Balaban J connectivity index is 2.14. The van der Waals surface area contributed by atoms with Crippen LogP contribution in [-0.2, 0) is 32.6 Å². The van der Waals surface area contributed by atoms with Gasteiger partial charge in [-0.05, 0) is 56.5 Å². The third-order valence-corrected chi connectivity index (χ3v) is 8.32. The second-order valence-corrected chi connectivity index (χ2v) is 13.9. The van der Waals surface area contributed by atoms with Crippen LogP contribution in [0.3, 0.4) is 0 Å². The van der Waals surface area contributed by atoms with Gasteiger partial charge in [-0.25, -0.2) is 8.42 Å². The number of nitro groups is 1. The minimum Gasteiger partial charge on any atom is -0.350 e. The number of anilines is 1. The third-order valence-electron chi connectivity index (χ3n) is 6.46. The first-order valence-electron chi connectivity index (χ1n) is 13.3. The van der Waals surface area contributed by atoms with Crippen molar-refractivity contribution < 1.29 is 22.9 Å². The van der Waals surface area contributed by atoms with Gasteiger partial charge in [0, 0.05) is 30.6 Å². The van der Waals surface area contributed by atoms with Crippen molar-refractivity contribution in [3.8, 4) is 0 Å². The Morgan fingerprint density at radius 3 is 2.19 bits per heavy atom. The van der Waals surface area contributed by atoms with Crippen molar-refractivity contribution in [2.45, 2.75) is 52.2 Å². The topological polar surface area (TPSA) is 130 Å². The van der Waals surface area contributed by atoms with Crippen LogP contribution in [0.15, 0.2) is 66.7 Å². The highest BCUT2D eigenvalue weighted by atomic mass is 35.5. The number of aryl methyl sites for hydroxylation is 1. The number of carbonyl (C=O) groups excluding carboxylic acids is 2. The fourth-order valence-electron chi connectivity index (χ4n) is 4.42. The molecule has 0 aliphatic rings. The van der Waals surface area contributed by atoms with Crippen molar-refractivity contribution in [1.29, 1.82) is 0 Å². The Hall–Kier alpha value is -3.67. The van der Waals surface area contributed by atoms with Crippen molar-refractivity contribution in [3.63, 3.8) is 0 Å². The first kappa shape index (κ1) is 33.8. The molecule has 0 fully saturated rings. The number of non-ortho nitro benzene ring substituents is 1. The summed E-state index contributed by atoms with van der Waals surface area (Å²) in [6.45, 7) is 6.21. The van der Waals surface area contributed by atoms with Crippen molar-refractivity contribution in [1.82, 2.24) is 10.2 Å². The van der Waals surface area contributed by atoms with Gasteiger partial charge in [0.15, 0.2) is 0 Å². The first-order valence-corrected chi connectivity index (χ1v) is 15.9. The smallest absolute Gasteiger partial charge is 0.271 e. The van der Waals surface area contributed by atoms with Gasteiger partial charge in [-0.1, -0.05) is 65.7 Å². The number of carbonyl (C=O) groups is 2. The third kappa shape index (κ3) is 9.41. The average Bonchev–Trinajstić information content (AvgIpc) is 2.90. The monoisotopic (exact) mass is 648 g/mol. The fourth-order valence-corrected chi connectivity index (χ4v) is 5.64. The molecule has 3 rings (SSSR count). The summed E-state index contributed by atoms with van der Waals surface area (Å²) >= 11 is 12.4. The summed E-state index contributed by atoms with van der Waals surface area (Å²) in [6.07, 6.45) is 1.04. The summed E-state index contributed by atoms with van der Waals surface area (Å²) in [4.78, 5) is 40.1. The van der Waals surface area contributed by atoms with Gasteiger partial charge in [-0.3, -0.25) is 24.0 Å². The number of hydrogen-bond acceptors (Lipinski definition) is 6. The molecule has 0 aliphatic carbocycles. The molecule has 10 nitrogen and oxygen atoms in total. The predicted octanol–water partition coefficient (Wildman–Crippen LogP) is 5.53. The molecule has 3 aromatic rings. The van der Waals surface area contributed by atoms with E-state index in [1.54, 1.807) is 25.1 Å². The van der Waals surface area contributed by atoms with Gasteiger partial charge in [0.2, 0.25) is 21.8 Å². The number of nitrogens with one attached hydrogen (secondary N) is 1. The number of nitrogens with zero attached hydrogens (tertiary/aromatic N) is 3. The summed E-state index contributed by atoms with van der Waals surface area (Å²) in [5.41, 5.74) is 0.758. The zero-order valence-corrected chi connectivity index (χ0v) is 26.8. The van der Waals surface area contributed by atoms with Crippen LogP contribution in [0.25, 0.3) is 0 Å². The van der Waals surface area contributed by atoms with E-state index in [-0.39, 0.29) is 29.4 Å². The van der Waals surface area contributed by atoms with Crippen molar-refractivity contribution in [2.24, 2.45) is 0 Å². The highest BCUT2D eigenvalue weighted by Gasteiger charge is 2.35. The highest BCUT2D eigenvalue weighted by Crippen LogP contribution is 2.29. The van der Waals surface area contributed by atoms with Gasteiger partial charge in [-0.2, -0.15) is 0 Å². The molecule has 1 unspecified atom stereocenters. The number of nitro benzene ring substituents is 1. The molecule has 230 valence electrons. The van der Waals surface area contributed by atoms with E-state index in [0.717, 1.165) is 22.2 Å². The van der Waals surface area contributed by atoms with Crippen LogP contribution in [0.1, 0.15) is 37.5 Å². The Morgan fingerprint density at radius 2 is 1.63 bits per heavy atom. The largest absolute Gasteiger partial charge is 0.350 e. The number of halogens is 2. The quantitative estimate of drug-likeness (QED) is 0.215. The minimum atomic E-state index is -4.11. The maximum atomic E-state index is 14.2. The van der Waals surface area contributed by atoms with E-state index in [9.17, 15) is 28.1 Å². The van der Waals surface area contributed by atoms with Gasteiger partial charge in [-0.15, -0.1) is 0 Å². The highest BCUT2D eigenvalue weighted by molar-refractivity contribution is 7.92. The van der Waals surface area contributed by atoms with E-state index < -0.39 is 44.9 Å². The number of sulfonamides is 1. The molecule has 0 aliphatic heterocycles. The van der Waals surface area contributed by atoms with Gasteiger partial charge in [0.05, 0.1) is 26.9 Å². The Bertz CT molecular complexity index is 1610. The maximum Gasteiger partial charge on any atom is 0.271 e. The van der Waals surface area contributed by atoms with Crippen LogP contribution in [0.4, 0.5) is 11.4 Å². The van der Waals surface area contributed by atoms with Gasteiger partial charge in [0.25, 0.3) is 5.69 Å². The zero-order valence-electron chi connectivity index (χ0n) is 24.5. The van der Waals surface area contributed by atoms with Crippen LogP contribution in [0, 0.1) is 17.0 Å². The predicted molar refractivity (Wildman–Crippen MR) is 169 cm³/mol. The maximum absolute atomic E-state index is 14.2. The van der Waals surface area contributed by atoms with Crippen LogP contribution < -0.4 is 9.62 Å². The van der Waals surface area contributed by atoms with Crippen LogP contribution in [-0.4, -0.2) is 54.4 Å². The Labute approximate surface area is 261 Å². The van der Waals surface area contributed by atoms with E-state index in [4.69, 9.17) is 23.2 Å². The fraction of sp³-hybridized carbons (Fsp3) is 0.333. The summed E-state index contributed by atoms with van der Waals surface area (Å²) in [5.74, 6) is -1.14. The molecule has 0 bridgehead atoms. The molecule has 3 aromatic carbocycles. The average molecular weight is 650 g/mol. The molecule has 0 radical (unpaired) electrons. The standard InChI is InChI=1S/C30H34Cl2N4O6S/c1-20-11-13-23(36(39)40)17-26(20)35(43(5,41)42)19-28(37)34(18-22-12-14-24(31)25(32)15-22)27(29(38)33-30(2,3)4)16-21-9-7-6-8-10-21/h6-15,17,27H,16,18-19H2,1-5H3,(H,33,38). The SMILES string of the molecule is Cc1ccc([N+](=O)[O-])cc1N(CC(=O)N(Cc1ccc(Cl)c(Cl)c1)C(Cc1ccccc1)C(=O)NC(C)(C)C)S(C)(=O)=O. The molecule has 0 heterocycles. The van der Waals surface area contributed by atoms with Gasteiger partial charge < -0.3 is 10.2 Å². The van der Waals surface area contributed by atoms with Crippen molar-refractivity contribution in [3.05, 3.63) is 104 Å². The van der Waals surface area contributed by atoms with Crippen LogP contribution in [0.5, 0.6) is 0 Å². The lowest BCUT2D eigenvalue weighted by atomic mass is 10.0. The second kappa shape index (κ2) is 13.7. The molecule has 1 atom stereocenters. The molecule has 2 amide bonds. The molecular formula is C30H34Cl2N4O6S. The molecule has 0 saturated carbocycles. The lowest BCUT2D eigenvalue weighted by Crippen LogP contribution is -2.56. The summed E-state index contributed by atoms with van der Waals surface area (Å²) < 4.78 is 26.9. The van der Waals surface area contributed by atoms with E-state index in [2.05, 4.69) is 5.32 Å². The normalized spacial score (nSPS) is 12.3. The second-order valence-electron chi connectivity index (χ2n) is 11.2. The lowest BCUT2D eigenvalue weighted by Gasteiger charge is -2.35. The van der Waals surface area contributed by atoms with E-state index in [0.29, 0.717) is 16.1 Å². The van der Waals surface area contributed by atoms with E-state index >= 15 is 0 Å². The van der Waals surface area contributed by atoms with Crippen molar-refractivity contribution >= 4 is 56.4 Å². The van der Waals surface area contributed by atoms with Gasteiger partial charge >= 0.3 is 0 Å².